The van der Waals surface area contributed by atoms with Crippen LogP contribution >= 0.6 is 0 Å². The number of aromatic nitrogens is 3. The molecule has 1 fully saturated rings. The Bertz CT molecular complexity index is 908. The minimum Gasteiger partial charge on any atom is -0.384 e. The largest absolute Gasteiger partial charge is 0.384 e. The Morgan fingerprint density at radius 1 is 1.15 bits per heavy atom. The van der Waals surface area contributed by atoms with Crippen molar-refractivity contribution in [1.29, 1.82) is 0 Å². The van der Waals surface area contributed by atoms with E-state index in [0.717, 1.165) is 55.8 Å². The number of benzene rings is 1. The lowest BCUT2D eigenvalue weighted by atomic mass is 10.0. The lowest BCUT2D eigenvalue weighted by Crippen LogP contribution is -2.45. The van der Waals surface area contributed by atoms with E-state index in [1.165, 1.54) is 11.1 Å². The number of hydrogen-bond acceptors (Lipinski definition) is 5. The standard InChI is InChI=1S/C20H26N6/c1-14-5-3-4-6-16(14)17-13-15(18-19(21)23-24-20(18)22-17)7-8-26-11-9-25(2)10-12-26/h3-6,13H,7-12H2,1-2H3,(H3,21,22,23,24). The molecule has 1 aromatic carbocycles. The molecule has 0 atom stereocenters. The first kappa shape index (κ1) is 17.0. The van der Waals surface area contributed by atoms with Crippen molar-refractivity contribution in [2.45, 2.75) is 13.3 Å². The van der Waals surface area contributed by atoms with Crippen molar-refractivity contribution in [2.24, 2.45) is 0 Å². The van der Waals surface area contributed by atoms with E-state index >= 15 is 0 Å². The summed E-state index contributed by atoms with van der Waals surface area (Å²) in [6.45, 7) is 7.66. The molecule has 3 aromatic rings. The van der Waals surface area contributed by atoms with Gasteiger partial charge in [-0.25, -0.2) is 4.98 Å². The number of likely N-dealkylation sites (N-methyl/N-ethyl adjacent to an activating group) is 1. The van der Waals surface area contributed by atoms with Crippen LogP contribution in [0.25, 0.3) is 22.3 Å². The molecule has 0 aliphatic carbocycles. The Balaban J connectivity index is 1.66. The summed E-state index contributed by atoms with van der Waals surface area (Å²) in [5, 5.41) is 8.19. The quantitative estimate of drug-likeness (QED) is 0.755. The molecule has 0 amide bonds. The average Bonchev–Trinajstić information content (AvgIpc) is 3.02. The maximum atomic E-state index is 6.14. The minimum atomic E-state index is 0.609. The summed E-state index contributed by atoms with van der Waals surface area (Å²) in [5.41, 5.74) is 11.4. The van der Waals surface area contributed by atoms with Crippen molar-refractivity contribution in [2.75, 3.05) is 45.5 Å². The van der Waals surface area contributed by atoms with Crippen LogP contribution in [0, 0.1) is 6.92 Å². The molecule has 6 heteroatoms. The number of aromatic amines is 1. The second-order valence-electron chi connectivity index (χ2n) is 7.21. The molecule has 3 N–H and O–H groups in total. The smallest absolute Gasteiger partial charge is 0.183 e. The SMILES string of the molecule is Cc1ccccc1-c1cc(CCN2CCN(C)CC2)c2c(N)[nH]nc2n1. The van der Waals surface area contributed by atoms with E-state index in [4.69, 9.17) is 10.7 Å². The van der Waals surface area contributed by atoms with Crippen LogP contribution in [-0.2, 0) is 6.42 Å². The van der Waals surface area contributed by atoms with Gasteiger partial charge in [0, 0.05) is 38.3 Å². The number of nitrogen functional groups attached to an aromatic ring is 1. The first-order valence-corrected chi connectivity index (χ1v) is 9.22. The number of H-pyrrole nitrogens is 1. The van der Waals surface area contributed by atoms with Gasteiger partial charge in [0.15, 0.2) is 5.65 Å². The van der Waals surface area contributed by atoms with Crippen molar-refractivity contribution in [3.05, 3.63) is 41.5 Å². The fourth-order valence-electron chi connectivity index (χ4n) is 3.67. The lowest BCUT2D eigenvalue weighted by molar-refractivity contribution is 0.155. The van der Waals surface area contributed by atoms with Crippen molar-refractivity contribution >= 4 is 16.9 Å². The van der Waals surface area contributed by atoms with Gasteiger partial charge in [-0.3, -0.25) is 5.10 Å². The molecule has 0 spiro atoms. The first-order chi connectivity index (χ1) is 12.6. The number of pyridine rings is 1. The van der Waals surface area contributed by atoms with Crippen molar-refractivity contribution in [3.63, 3.8) is 0 Å². The maximum absolute atomic E-state index is 6.14. The van der Waals surface area contributed by atoms with E-state index in [1.807, 2.05) is 0 Å². The highest BCUT2D eigenvalue weighted by Crippen LogP contribution is 2.29. The molecular formula is C20H26N6. The Hall–Kier alpha value is -2.44. The number of anilines is 1. The molecule has 136 valence electrons. The second-order valence-corrected chi connectivity index (χ2v) is 7.21. The highest BCUT2D eigenvalue weighted by molar-refractivity contribution is 5.91. The number of aryl methyl sites for hydroxylation is 1. The maximum Gasteiger partial charge on any atom is 0.183 e. The molecule has 0 saturated carbocycles. The number of nitrogens with one attached hydrogen (secondary N) is 1. The molecular weight excluding hydrogens is 324 g/mol. The monoisotopic (exact) mass is 350 g/mol. The first-order valence-electron chi connectivity index (χ1n) is 9.22. The Kier molecular flexibility index (Phi) is 4.61. The summed E-state index contributed by atoms with van der Waals surface area (Å²) in [6, 6.07) is 10.5. The average molecular weight is 350 g/mol. The summed E-state index contributed by atoms with van der Waals surface area (Å²) in [4.78, 5) is 9.65. The van der Waals surface area contributed by atoms with Crippen LogP contribution in [0.4, 0.5) is 5.82 Å². The van der Waals surface area contributed by atoms with E-state index in [1.54, 1.807) is 0 Å². The molecule has 0 unspecified atom stereocenters. The zero-order chi connectivity index (χ0) is 18.1. The van der Waals surface area contributed by atoms with Gasteiger partial charge >= 0.3 is 0 Å². The van der Waals surface area contributed by atoms with Gasteiger partial charge in [0.1, 0.15) is 5.82 Å². The van der Waals surface area contributed by atoms with Crippen LogP contribution in [-0.4, -0.2) is 64.8 Å². The van der Waals surface area contributed by atoms with Crippen LogP contribution < -0.4 is 5.73 Å². The number of nitrogens with zero attached hydrogens (tertiary/aromatic N) is 4. The predicted octanol–water partition coefficient (Wildman–Crippen LogP) is 2.31. The summed E-state index contributed by atoms with van der Waals surface area (Å²) in [7, 11) is 2.18. The number of rotatable bonds is 4. The van der Waals surface area contributed by atoms with E-state index in [9.17, 15) is 0 Å². The molecule has 26 heavy (non-hydrogen) atoms. The van der Waals surface area contributed by atoms with E-state index < -0.39 is 0 Å². The fraction of sp³-hybridized carbons (Fsp3) is 0.400. The molecule has 1 aliphatic heterocycles. The van der Waals surface area contributed by atoms with E-state index in [-0.39, 0.29) is 0 Å². The second kappa shape index (κ2) is 7.05. The Morgan fingerprint density at radius 3 is 2.69 bits per heavy atom. The van der Waals surface area contributed by atoms with Gasteiger partial charge in [-0.15, -0.1) is 0 Å². The van der Waals surface area contributed by atoms with Crippen LogP contribution in [0.1, 0.15) is 11.1 Å². The van der Waals surface area contributed by atoms with Gasteiger partial charge in [-0.05, 0) is 37.6 Å². The zero-order valence-corrected chi connectivity index (χ0v) is 15.5. The Morgan fingerprint density at radius 2 is 1.92 bits per heavy atom. The zero-order valence-electron chi connectivity index (χ0n) is 15.5. The van der Waals surface area contributed by atoms with Gasteiger partial charge in [0.2, 0.25) is 0 Å². The highest BCUT2D eigenvalue weighted by Gasteiger charge is 2.17. The molecule has 2 aromatic heterocycles. The molecule has 3 heterocycles. The van der Waals surface area contributed by atoms with Crippen molar-refractivity contribution in [1.82, 2.24) is 25.0 Å². The van der Waals surface area contributed by atoms with E-state index in [0.29, 0.717) is 11.5 Å². The normalized spacial score (nSPS) is 16.4. The van der Waals surface area contributed by atoms with Gasteiger partial charge < -0.3 is 15.5 Å². The number of nitrogens with two attached hydrogens (primary N) is 1. The number of fused-ring (bicyclic) bond motifs is 1. The predicted molar refractivity (Wildman–Crippen MR) is 106 cm³/mol. The molecule has 6 nitrogen and oxygen atoms in total. The summed E-state index contributed by atoms with van der Waals surface area (Å²) < 4.78 is 0. The van der Waals surface area contributed by atoms with Gasteiger partial charge in [-0.2, -0.15) is 5.10 Å². The number of hydrogen-bond donors (Lipinski definition) is 2. The summed E-state index contributed by atoms with van der Waals surface area (Å²) in [6.07, 6.45) is 0.950. The Labute approximate surface area is 154 Å². The highest BCUT2D eigenvalue weighted by atomic mass is 15.2. The van der Waals surface area contributed by atoms with Crippen LogP contribution in [0.3, 0.4) is 0 Å². The fourth-order valence-corrected chi connectivity index (χ4v) is 3.67. The molecule has 0 bridgehead atoms. The molecule has 4 rings (SSSR count). The minimum absolute atomic E-state index is 0.609. The summed E-state index contributed by atoms with van der Waals surface area (Å²) >= 11 is 0. The molecule has 1 saturated heterocycles. The van der Waals surface area contributed by atoms with Crippen molar-refractivity contribution < 1.29 is 0 Å². The molecule has 0 radical (unpaired) electrons. The number of piperazine rings is 1. The van der Waals surface area contributed by atoms with Crippen LogP contribution in [0.5, 0.6) is 0 Å². The molecule has 1 aliphatic rings. The van der Waals surface area contributed by atoms with E-state index in [2.05, 4.69) is 64.3 Å². The topological polar surface area (TPSA) is 74.1 Å². The van der Waals surface area contributed by atoms with Crippen molar-refractivity contribution in [3.8, 4) is 11.3 Å². The third kappa shape index (κ3) is 3.30. The van der Waals surface area contributed by atoms with Crippen LogP contribution in [0.2, 0.25) is 0 Å². The summed E-state index contributed by atoms with van der Waals surface area (Å²) in [5.74, 6) is 0.609. The van der Waals surface area contributed by atoms with Crippen LogP contribution in [0.15, 0.2) is 30.3 Å². The van der Waals surface area contributed by atoms with Gasteiger partial charge in [0.05, 0.1) is 11.1 Å². The lowest BCUT2D eigenvalue weighted by Gasteiger charge is -2.32. The van der Waals surface area contributed by atoms with Gasteiger partial charge in [0.25, 0.3) is 0 Å². The van der Waals surface area contributed by atoms with Gasteiger partial charge in [-0.1, -0.05) is 24.3 Å². The third-order valence-corrected chi connectivity index (χ3v) is 5.35. The third-order valence-electron chi connectivity index (χ3n) is 5.35.